The van der Waals surface area contributed by atoms with Gasteiger partial charge in [0.25, 0.3) is 5.91 Å². The van der Waals surface area contributed by atoms with E-state index in [-0.39, 0.29) is 12.4 Å². The number of hydrogen-bond donors (Lipinski definition) is 1. The number of aryl methyl sites for hydroxylation is 1. The molecule has 1 heterocycles. The number of carbonyl (C=O) groups excluding carboxylic acids is 2. The highest BCUT2D eigenvalue weighted by Crippen LogP contribution is 2.29. The van der Waals surface area contributed by atoms with Crippen LogP contribution >= 0.6 is 22.9 Å². The van der Waals surface area contributed by atoms with Gasteiger partial charge in [-0.05, 0) is 65.9 Å². The monoisotopic (exact) mass is 458 g/mol. The molecule has 3 aromatic rings. The van der Waals surface area contributed by atoms with Crippen molar-refractivity contribution in [2.45, 2.75) is 6.92 Å². The number of ether oxygens (including phenoxy) is 3. The number of nitrogens with zero attached hydrogens (tertiary/aromatic N) is 1. The van der Waals surface area contributed by atoms with Gasteiger partial charge in [-0.2, -0.15) is 5.10 Å². The Morgan fingerprint density at radius 2 is 2.00 bits per heavy atom. The number of hydrazone groups is 1. The van der Waals surface area contributed by atoms with Crippen molar-refractivity contribution in [1.82, 2.24) is 5.43 Å². The van der Waals surface area contributed by atoms with Crippen LogP contribution in [0, 0.1) is 6.92 Å². The third-order valence-electron chi connectivity index (χ3n) is 4.01. The van der Waals surface area contributed by atoms with Crippen LogP contribution in [-0.4, -0.2) is 31.8 Å². The van der Waals surface area contributed by atoms with Crippen molar-refractivity contribution in [3.8, 4) is 17.2 Å². The number of esters is 1. The molecule has 0 radical (unpaired) electrons. The number of thiophene rings is 1. The van der Waals surface area contributed by atoms with Crippen LogP contribution in [0.2, 0.25) is 5.02 Å². The smallest absolute Gasteiger partial charge is 0.353 e. The fraction of sp³-hybridized carbons (Fsp3) is 0.136. The van der Waals surface area contributed by atoms with Gasteiger partial charge in [-0.25, -0.2) is 10.2 Å². The van der Waals surface area contributed by atoms with Gasteiger partial charge in [0.2, 0.25) is 0 Å². The van der Waals surface area contributed by atoms with E-state index < -0.39 is 11.9 Å². The molecule has 0 atom stereocenters. The van der Waals surface area contributed by atoms with Crippen LogP contribution < -0.4 is 19.6 Å². The zero-order chi connectivity index (χ0) is 22.2. The summed E-state index contributed by atoms with van der Waals surface area (Å²) in [5.74, 6) is 0.309. The molecule has 0 aliphatic carbocycles. The topological polar surface area (TPSA) is 86.2 Å². The molecular formula is C22H19ClN2O5S. The molecule has 31 heavy (non-hydrogen) atoms. The minimum absolute atomic E-state index is 0.195. The van der Waals surface area contributed by atoms with Gasteiger partial charge in [0.1, 0.15) is 10.6 Å². The molecule has 0 aliphatic heterocycles. The van der Waals surface area contributed by atoms with E-state index in [0.717, 1.165) is 5.56 Å². The molecule has 0 bridgehead atoms. The highest BCUT2D eigenvalue weighted by Gasteiger charge is 2.13. The molecule has 1 aromatic heterocycles. The van der Waals surface area contributed by atoms with Crippen molar-refractivity contribution in [2.75, 3.05) is 13.7 Å². The lowest BCUT2D eigenvalue weighted by Gasteiger charge is -2.09. The summed E-state index contributed by atoms with van der Waals surface area (Å²) in [6, 6.07) is 13.5. The maximum atomic E-state index is 12.1. The van der Waals surface area contributed by atoms with Gasteiger partial charge >= 0.3 is 5.97 Å². The van der Waals surface area contributed by atoms with Crippen LogP contribution in [0.5, 0.6) is 17.2 Å². The first-order valence-electron chi connectivity index (χ1n) is 9.11. The van der Waals surface area contributed by atoms with E-state index in [1.165, 1.54) is 24.7 Å². The third kappa shape index (κ3) is 6.31. The lowest BCUT2D eigenvalue weighted by molar-refractivity contribution is -0.123. The average molecular weight is 459 g/mol. The van der Waals surface area contributed by atoms with E-state index in [4.69, 9.17) is 25.8 Å². The predicted octanol–water partition coefficient (Wildman–Crippen LogP) is 4.47. The van der Waals surface area contributed by atoms with Crippen LogP contribution in [0.4, 0.5) is 0 Å². The molecule has 0 aliphatic rings. The number of hydrogen-bond acceptors (Lipinski definition) is 7. The zero-order valence-corrected chi connectivity index (χ0v) is 18.3. The molecule has 1 amide bonds. The van der Waals surface area contributed by atoms with Crippen molar-refractivity contribution in [2.24, 2.45) is 5.10 Å². The first kappa shape index (κ1) is 22.3. The van der Waals surface area contributed by atoms with Gasteiger partial charge in [-0.1, -0.05) is 17.7 Å². The maximum absolute atomic E-state index is 12.1. The quantitative estimate of drug-likeness (QED) is 0.233. The van der Waals surface area contributed by atoms with Crippen LogP contribution in [-0.2, 0) is 4.79 Å². The van der Waals surface area contributed by atoms with E-state index in [2.05, 4.69) is 10.5 Å². The van der Waals surface area contributed by atoms with Crippen LogP contribution in [0.3, 0.4) is 0 Å². The fourth-order valence-corrected chi connectivity index (χ4v) is 3.18. The predicted molar refractivity (Wildman–Crippen MR) is 120 cm³/mol. The average Bonchev–Trinajstić information content (AvgIpc) is 3.30. The minimum Gasteiger partial charge on any atom is -0.493 e. The minimum atomic E-state index is -0.460. The summed E-state index contributed by atoms with van der Waals surface area (Å²) in [7, 11) is 1.47. The van der Waals surface area contributed by atoms with Crippen molar-refractivity contribution in [1.29, 1.82) is 0 Å². The standard InChI is InChI=1S/C22H19ClN2O5S/c1-14-10-16(6-7-17(14)23)29-13-21(26)25-24-12-15-5-8-18(19(11-15)28-2)30-22(27)20-4-3-9-31-20/h3-12H,13H2,1-2H3,(H,25,26). The summed E-state index contributed by atoms with van der Waals surface area (Å²) in [6.45, 7) is 1.65. The normalized spacial score (nSPS) is 10.7. The van der Waals surface area contributed by atoms with Crippen molar-refractivity contribution < 1.29 is 23.8 Å². The van der Waals surface area contributed by atoms with Gasteiger partial charge in [0.15, 0.2) is 18.1 Å². The Labute approximate surface area is 188 Å². The molecule has 2 aromatic carbocycles. The molecule has 7 nitrogen and oxygen atoms in total. The summed E-state index contributed by atoms with van der Waals surface area (Å²) >= 11 is 7.25. The van der Waals surface area contributed by atoms with E-state index >= 15 is 0 Å². The largest absolute Gasteiger partial charge is 0.493 e. The van der Waals surface area contributed by atoms with E-state index in [0.29, 0.717) is 27.0 Å². The van der Waals surface area contributed by atoms with Crippen LogP contribution in [0.15, 0.2) is 59.0 Å². The van der Waals surface area contributed by atoms with Crippen molar-refractivity contribution in [3.05, 3.63) is 74.9 Å². The van der Waals surface area contributed by atoms with Crippen molar-refractivity contribution in [3.63, 3.8) is 0 Å². The molecule has 0 spiro atoms. The number of halogens is 1. The zero-order valence-electron chi connectivity index (χ0n) is 16.8. The fourth-order valence-electron chi connectivity index (χ4n) is 2.46. The SMILES string of the molecule is COc1cc(C=NNC(=O)COc2ccc(Cl)c(C)c2)ccc1OC(=O)c1cccs1. The Kier molecular flexibility index (Phi) is 7.64. The number of benzene rings is 2. The Bertz CT molecular complexity index is 1100. The summed E-state index contributed by atoms with van der Waals surface area (Å²) in [4.78, 5) is 24.5. The Morgan fingerprint density at radius 3 is 2.71 bits per heavy atom. The van der Waals surface area contributed by atoms with Gasteiger partial charge < -0.3 is 14.2 Å². The third-order valence-corrected chi connectivity index (χ3v) is 5.29. The van der Waals surface area contributed by atoms with Gasteiger partial charge in [-0.15, -0.1) is 11.3 Å². The van der Waals surface area contributed by atoms with Crippen LogP contribution in [0.25, 0.3) is 0 Å². The van der Waals surface area contributed by atoms with E-state index in [1.54, 1.807) is 53.9 Å². The lowest BCUT2D eigenvalue weighted by atomic mass is 10.2. The highest BCUT2D eigenvalue weighted by atomic mass is 35.5. The van der Waals surface area contributed by atoms with Crippen LogP contribution in [0.1, 0.15) is 20.8 Å². The molecule has 3 rings (SSSR count). The first-order chi connectivity index (χ1) is 15.0. The number of rotatable bonds is 8. The number of methoxy groups -OCH3 is 1. The highest BCUT2D eigenvalue weighted by molar-refractivity contribution is 7.12. The number of amides is 1. The molecule has 0 fully saturated rings. The number of nitrogens with one attached hydrogen (secondary N) is 1. The van der Waals surface area contributed by atoms with Crippen molar-refractivity contribution >= 4 is 41.0 Å². The molecular weight excluding hydrogens is 440 g/mol. The molecule has 0 saturated heterocycles. The van der Waals surface area contributed by atoms with Gasteiger partial charge in [-0.3, -0.25) is 4.79 Å². The maximum Gasteiger partial charge on any atom is 0.353 e. The molecule has 0 saturated carbocycles. The molecule has 0 unspecified atom stereocenters. The second-order valence-corrected chi connectivity index (χ2v) is 7.62. The molecule has 9 heteroatoms. The van der Waals surface area contributed by atoms with Gasteiger partial charge in [0.05, 0.1) is 13.3 Å². The second-order valence-electron chi connectivity index (χ2n) is 6.27. The summed E-state index contributed by atoms with van der Waals surface area (Å²) in [6.07, 6.45) is 1.44. The summed E-state index contributed by atoms with van der Waals surface area (Å²) < 4.78 is 16.1. The Hall–Kier alpha value is -3.36. The summed E-state index contributed by atoms with van der Waals surface area (Å²) in [5, 5.41) is 6.33. The second kappa shape index (κ2) is 10.6. The molecule has 1 N–H and O–H groups in total. The lowest BCUT2D eigenvalue weighted by Crippen LogP contribution is -2.24. The summed E-state index contributed by atoms with van der Waals surface area (Å²) in [5.41, 5.74) is 3.88. The first-order valence-corrected chi connectivity index (χ1v) is 10.4. The van der Waals surface area contributed by atoms with E-state index in [9.17, 15) is 9.59 Å². The van der Waals surface area contributed by atoms with Gasteiger partial charge in [0, 0.05) is 5.02 Å². The van der Waals surface area contributed by atoms with E-state index in [1.807, 2.05) is 6.92 Å². The Balaban J connectivity index is 1.54. The Morgan fingerprint density at radius 1 is 1.16 bits per heavy atom. The molecule has 160 valence electrons. The number of carbonyl (C=O) groups is 2.